The first kappa shape index (κ1) is 15.2. The van der Waals surface area contributed by atoms with Gasteiger partial charge in [0.25, 0.3) is 0 Å². The van der Waals surface area contributed by atoms with Gasteiger partial charge in [0.15, 0.2) is 0 Å². The van der Waals surface area contributed by atoms with Crippen LogP contribution in [0.2, 0.25) is 0 Å². The number of pyridine rings is 1. The molecule has 4 heterocycles. The van der Waals surface area contributed by atoms with Crippen LogP contribution in [0.15, 0.2) is 59.9 Å². The van der Waals surface area contributed by atoms with E-state index in [0.29, 0.717) is 5.92 Å². The Morgan fingerprint density at radius 3 is 2.73 bits per heavy atom. The first-order valence-corrected chi connectivity index (χ1v) is 8.99. The van der Waals surface area contributed by atoms with Gasteiger partial charge in [-0.15, -0.1) is 0 Å². The summed E-state index contributed by atoms with van der Waals surface area (Å²) in [7, 11) is 0. The normalized spacial score (nSPS) is 17.2. The summed E-state index contributed by atoms with van der Waals surface area (Å²) >= 11 is 0. The first-order valence-electron chi connectivity index (χ1n) is 8.99. The van der Waals surface area contributed by atoms with E-state index in [1.807, 2.05) is 18.3 Å². The highest BCUT2D eigenvalue weighted by Crippen LogP contribution is 2.34. The van der Waals surface area contributed by atoms with Gasteiger partial charge in [0, 0.05) is 49.5 Å². The van der Waals surface area contributed by atoms with Crippen LogP contribution in [0.25, 0.3) is 16.5 Å². The quantitative estimate of drug-likeness (QED) is 0.732. The number of aromatic nitrogens is 3. The highest BCUT2D eigenvalue weighted by Gasteiger charge is 2.32. The van der Waals surface area contributed by atoms with Crippen LogP contribution in [-0.2, 0) is 0 Å². The van der Waals surface area contributed by atoms with Gasteiger partial charge < -0.3 is 4.90 Å². The number of allylic oxidation sites excluding steroid dienone is 1. The largest absolute Gasteiger partial charge is 0.355 e. The summed E-state index contributed by atoms with van der Waals surface area (Å²) in [5, 5.41) is 1.18. The zero-order chi connectivity index (χ0) is 17.3. The summed E-state index contributed by atoms with van der Waals surface area (Å²) in [5.41, 5.74) is 4.42. The van der Waals surface area contributed by atoms with Crippen molar-refractivity contribution < 1.29 is 0 Å². The lowest BCUT2D eigenvalue weighted by Crippen LogP contribution is -2.46. The number of para-hydroxylation sites is 1. The molecule has 0 spiro atoms. The Bertz CT molecular complexity index is 1020. The van der Waals surface area contributed by atoms with Crippen LogP contribution >= 0.6 is 0 Å². The maximum Gasteiger partial charge on any atom is 0.129 e. The van der Waals surface area contributed by atoms with E-state index in [-0.39, 0.29) is 0 Å². The molecule has 2 aromatic heterocycles. The molecule has 1 saturated heterocycles. The van der Waals surface area contributed by atoms with Crippen molar-refractivity contribution in [1.29, 1.82) is 0 Å². The molecule has 1 fully saturated rings. The summed E-state index contributed by atoms with van der Waals surface area (Å²) in [6.45, 7) is 2.69. The van der Waals surface area contributed by atoms with Crippen molar-refractivity contribution in [3.63, 3.8) is 0 Å². The lowest BCUT2D eigenvalue weighted by atomic mass is 9.91. The van der Waals surface area contributed by atoms with Crippen molar-refractivity contribution in [3.8, 4) is 0 Å². The van der Waals surface area contributed by atoms with Crippen molar-refractivity contribution in [2.75, 3.05) is 24.5 Å². The van der Waals surface area contributed by atoms with E-state index in [1.54, 1.807) is 12.4 Å². The predicted octanol–water partition coefficient (Wildman–Crippen LogP) is 3.49. The molecule has 0 N–H and O–H groups in total. The van der Waals surface area contributed by atoms with Gasteiger partial charge in [-0.05, 0) is 36.3 Å². The number of fused-ring (bicyclic) bond motifs is 1. The van der Waals surface area contributed by atoms with Gasteiger partial charge in [0.05, 0.1) is 16.9 Å². The summed E-state index contributed by atoms with van der Waals surface area (Å²) in [5.74, 6) is 1.43. The highest BCUT2D eigenvalue weighted by atomic mass is 15.2. The average Bonchev–Trinajstić information content (AvgIpc) is 2.68. The molecule has 0 unspecified atom stereocenters. The van der Waals surface area contributed by atoms with Gasteiger partial charge in [0.2, 0.25) is 0 Å². The van der Waals surface area contributed by atoms with Gasteiger partial charge in [0.1, 0.15) is 5.82 Å². The van der Waals surface area contributed by atoms with E-state index in [9.17, 15) is 0 Å². The smallest absolute Gasteiger partial charge is 0.129 e. The molecule has 5 rings (SSSR count). The second-order valence-electron chi connectivity index (χ2n) is 6.75. The third-order valence-corrected chi connectivity index (χ3v) is 5.10. The second-order valence-corrected chi connectivity index (χ2v) is 6.75. The third kappa shape index (κ3) is 2.65. The van der Waals surface area contributed by atoms with Gasteiger partial charge in [-0.2, -0.15) is 0 Å². The lowest BCUT2D eigenvalue weighted by Gasteiger charge is -2.40. The SMILES string of the molecule is C1=NCCC(c2nccnc2C2CN(c3ccc4ccccc4n3)C2)=C1. The molecule has 5 nitrogen and oxygen atoms in total. The molecule has 5 heteroatoms. The standard InChI is InChI=1S/C21H19N5/c1-2-4-18-15(3-1)5-6-19(25-18)26-13-17(14-26)21-20(23-11-12-24-21)16-7-9-22-10-8-16/h1-7,9,11-12,17H,8,10,13-14H2. The Morgan fingerprint density at radius 1 is 0.962 bits per heavy atom. The Morgan fingerprint density at radius 2 is 1.85 bits per heavy atom. The molecular weight excluding hydrogens is 322 g/mol. The molecule has 0 atom stereocenters. The number of hydrogen-bond acceptors (Lipinski definition) is 5. The number of dihydropyridines is 1. The van der Waals surface area contributed by atoms with Crippen LogP contribution in [0.1, 0.15) is 23.7 Å². The van der Waals surface area contributed by atoms with E-state index in [2.05, 4.69) is 50.2 Å². The molecule has 2 aliphatic heterocycles. The number of anilines is 1. The maximum absolute atomic E-state index is 4.80. The van der Waals surface area contributed by atoms with Crippen LogP contribution in [0.5, 0.6) is 0 Å². The minimum atomic E-state index is 0.395. The third-order valence-electron chi connectivity index (χ3n) is 5.10. The van der Waals surface area contributed by atoms with Crippen LogP contribution in [0.3, 0.4) is 0 Å². The van der Waals surface area contributed by atoms with Crippen molar-refractivity contribution >= 4 is 28.5 Å². The number of aliphatic imine (C=N–C) groups is 1. The fourth-order valence-corrected chi connectivity index (χ4v) is 3.65. The Labute approximate surface area is 152 Å². The van der Waals surface area contributed by atoms with Gasteiger partial charge in [-0.25, -0.2) is 4.98 Å². The highest BCUT2D eigenvalue weighted by molar-refractivity contribution is 5.86. The lowest BCUT2D eigenvalue weighted by molar-refractivity contribution is 0.506. The van der Waals surface area contributed by atoms with Crippen LogP contribution in [0, 0.1) is 0 Å². The van der Waals surface area contributed by atoms with E-state index >= 15 is 0 Å². The van der Waals surface area contributed by atoms with Crippen LogP contribution in [-0.4, -0.2) is 40.8 Å². The summed E-state index contributed by atoms with van der Waals surface area (Å²) in [6, 6.07) is 12.5. The van der Waals surface area contributed by atoms with Crippen LogP contribution < -0.4 is 4.90 Å². The molecule has 1 aromatic carbocycles. The molecule has 0 radical (unpaired) electrons. The van der Waals surface area contributed by atoms with Crippen molar-refractivity contribution in [3.05, 3.63) is 66.3 Å². The van der Waals surface area contributed by atoms with E-state index < -0.39 is 0 Å². The van der Waals surface area contributed by atoms with Crippen molar-refractivity contribution in [2.24, 2.45) is 4.99 Å². The van der Waals surface area contributed by atoms with Crippen LogP contribution in [0.4, 0.5) is 5.82 Å². The Hall–Kier alpha value is -3.08. The fourth-order valence-electron chi connectivity index (χ4n) is 3.65. The van der Waals surface area contributed by atoms with Gasteiger partial charge in [-0.3, -0.25) is 15.0 Å². The summed E-state index contributed by atoms with van der Waals surface area (Å²) in [4.78, 5) is 20.7. The number of hydrogen-bond donors (Lipinski definition) is 0. The Kier molecular flexibility index (Phi) is 3.70. The van der Waals surface area contributed by atoms with Crippen molar-refractivity contribution in [1.82, 2.24) is 15.0 Å². The molecule has 0 aliphatic carbocycles. The minimum Gasteiger partial charge on any atom is -0.355 e. The number of nitrogens with zero attached hydrogens (tertiary/aromatic N) is 5. The summed E-state index contributed by atoms with van der Waals surface area (Å²) in [6.07, 6.45) is 8.46. The molecule has 128 valence electrons. The molecule has 26 heavy (non-hydrogen) atoms. The zero-order valence-corrected chi connectivity index (χ0v) is 14.4. The average molecular weight is 341 g/mol. The second kappa shape index (κ2) is 6.33. The first-order chi connectivity index (χ1) is 12.9. The summed E-state index contributed by atoms with van der Waals surface area (Å²) < 4.78 is 0. The van der Waals surface area contributed by atoms with E-state index in [4.69, 9.17) is 4.98 Å². The maximum atomic E-state index is 4.80. The number of rotatable bonds is 3. The van der Waals surface area contributed by atoms with E-state index in [0.717, 1.165) is 48.8 Å². The van der Waals surface area contributed by atoms with Crippen molar-refractivity contribution in [2.45, 2.75) is 12.3 Å². The van der Waals surface area contributed by atoms with Gasteiger partial charge >= 0.3 is 0 Å². The molecule has 3 aromatic rings. The topological polar surface area (TPSA) is 54.3 Å². The Balaban J connectivity index is 1.38. The minimum absolute atomic E-state index is 0.395. The molecule has 0 bridgehead atoms. The molecule has 2 aliphatic rings. The zero-order valence-electron chi connectivity index (χ0n) is 14.4. The monoisotopic (exact) mass is 341 g/mol. The molecular formula is C21H19N5. The molecule has 0 amide bonds. The predicted molar refractivity (Wildman–Crippen MR) is 105 cm³/mol. The number of benzene rings is 1. The van der Waals surface area contributed by atoms with Gasteiger partial charge in [-0.1, -0.05) is 18.2 Å². The molecule has 0 saturated carbocycles. The van der Waals surface area contributed by atoms with E-state index in [1.165, 1.54) is 11.0 Å². The fraction of sp³-hybridized carbons (Fsp3) is 0.238.